The predicted molar refractivity (Wildman–Crippen MR) is 110 cm³/mol. The van der Waals surface area contributed by atoms with Crippen molar-refractivity contribution in [3.8, 4) is 5.75 Å². The van der Waals surface area contributed by atoms with Crippen molar-refractivity contribution in [1.82, 2.24) is 9.29 Å². The van der Waals surface area contributed by atoms with Crippen molar-refractivity contribution in [2.24, 2.45) is 0 Å². The summed E-state index contributed by atoms with van der Waals surface area (Å²) in [6.07, 6.45) is 0. The van der Waals surface area contributed by atoms with Gasteiger partial charge in [0.2, 0.25) is 10.0 Å². The average molecular weight is 398 g/mol. The molecule has 0 N–H and O–H groups in total. The van der Waals surface area contributed by atoms with Crippen LogP contribution in [-0.2, 0) is 10.0 Å². The minimum absolute atomic E-state index is 0.293. The highest BCUT2D eigenvalue weighted by atomic mass is 32.2. The van der Waals surface area contributed by atoms with E-state index in [1.165, 1.54) is 0 Å². The second-order valence-corrected chi connectivity index (χ2v) is 8.83. The van der Waals surface area contributed by atoms with Gasteiger partial charge in [0.15, 0.2) is 0 Å². The van der Waals surface area contributed by atoms with E-state index in [-0.39, 0.29) is 0 Å². The van der Waals surface area contributed by atoms with Crippen LogP contribution in [0.4, 0.5) is 5.82 Å². The highest BCUT2D eigenvalue weighted by Crippen LogP contribution is 2.26. The lowest BCUT2D eigenvalue weighted by molar-refractivity contribution is 0.383. The monoisotopic (exact) mass is 397 g/mol. The number of aryl methyl sites for hydroxylation is 1. The summed E-state index contributed by atoms with van der Waals surface area (Å²) >= 11 is 0. The fourth-order valence-electron chi connectivity index (χ4n) is 3.57. The number of hydrogen-bond acceptors (Lipinski definition) is 5. The summed E-state index contributed by atoms with van der Waals surface area (Å²) in [5, 5.41) is 1.12. The van der Waals surface area contributed by atoms with Crippen molar-refractivity contribution in [2.45, 2.75) is 11.8 Å². The maximum absolute atomic E-state index is 12.9. The van der Waals surface area contributed by atoms with Gasteiger partial charge in [0.05, 0.1) is 17.5 Å². The number of rotatable bonds is 4. The summed E-state index contributed by atoms with van der Waals surface area (Å²) in [5.74, 6) is 1.57. The van der Waals surface area contributed by atoms with E-state index in [0.717, 1.165) is 22.3 Å². The van der Waals surface area contributed by atoms with Crippen molar-refractivity contribution in [1.29, 1.82) is 0 Å². The largest absolute Gasteiger partial charge is 0.497 e. The van der Waals surface area contributed by atoms with Crippen LogP contribution in [0, 0.1) is 6.92 Å². The Kier molecular flexibility index (Phi) is 4.95. The second kappa shape index (κ2) is 7.41. The number of methoxy groups -OCH3 is 1. The molecule has 146 valence electrons. The van der Waals surface area contributed by atoms with Gasteiger partial charge >= 0.3 is 0 Å². The summed E-state index contributed by atoms with van der Waals surface area (Å²) in [7, 11) is -1.95. The van der Waals surface area contributed by atoms with E-state index >= 15 is 0 Å². The van der Waals surface area contributed by atoms with Gasteiger partial charge in [-0.15, -0.1) is 0 Å². The smallest absolute Gasteiger partial charge is 0.243 e. The number of anilines is 1. The van der Waals surface area contributed by atoms with E-state index in [4.69, 9.17) is 9.72 Å². The maximum Gasteiger partial charge on any atom is 0.243 e. The third-order valence-electron chi connectivity index (χ3n) is 5.12. The van der Waals surface area contributed by atoms with Gasteiger partial charge in [0.1, 0.15) is 11.6 Å². The summed E-state index contributed by atoms with van der Waals surface area (Å²) in [5.41, 5.74) is 2.06. The van der Waals surface area contributed by atoms with Crippen molar-refractivity contribution >= 4 is 26.7 Å². The Morgan fingerprint density at radius 2 is 1.64 bits per heavy atom. The van der Waals surface area contributed by atoms with Crippen LogP contribution in [0.1, 0.15) is 5.56 Å². The number of piperazine rings is 1. The van der Waals surface area contributed by atoms with Crippen molar-refractivity contribution < 1.29 is 13.2 Å². The number of hydrogen-bond donors (Lipinski definition) is 0. The van der Waals surface area contributed by atoms with Crippen molar-refractivity contribution in [2.75, 3.05) is 38.2 Å². The molecule has 0 amide bonds. The van der Waals surface area contributed by atoms with Gasteiger partial charge in [-0.25, -0.2) is 13.4 Å². The topological polar surface area (TPSA) is 62.7 Å². The molecule has 28 heavy (non-hydrogen) atoms. The van der Waals surface area contributed by atoms with E-state index in [1.54, 1.807) is 35.7 Å². The minimum Gasteiger partial charge on any atom is -0.497 e. The first-order valence-corrected chi connectivity index (χ1v) is 10.7. The van der Waals surface area contributed by atoms with Crippen LogP contribution in [0.25, 0.3) is 10.9 Å². The Morgan fingerprint density at radius 1 is 0.964 bits per heavy atom. The zero-order valence-electron chi connectivity index (χ0n) is 16.0. The molecule has 0 saturated carbocycles. The number of pyridine rings is 1. The zero-order valence-corrected chi connectivity index (χ0v) is 16.8. The van der Waals surface area contributed by atoms with Crippen LogP contribution in [-0.4, -0.2) is 51.0 Å². The Morgan fingerprint density at radius 3 is 2.32 bits per heavy atom. The van der Waals surface area contributed by atoms with Crippen LogP contribution >= 0.6 is 0 Å². The van der Waals surface area contributed by atoms with Crippen molar-refractivity contribution in [3.05, 3.63) is 60.2 Å². The molecule has 6 nitrogen and oxygen atoms in total. The van der Waals surface area contributed by atoms with E-state index in [0.29, 0.717) is 36.8 Å². The molecule has 1 saturated heterocycles. The first-order valence-electron chi connectivity index (χ1n) is 9.24. The first-order chi connectivity index (χ1) is 13.5. The molecular formula is C21H23N3O3S. The molecule has 0 radical (unpaired) electrons. The third kappa shape index (κ3) is 3.43. The zero-order chi connectivity index (χ0) is 19.7. The summed E-state index contributed by atoms with van der Waals surface area (Å²) in [6, 6.07) is 16.7. The molecule has 2 aromatic carbocycles. The Balaban J connectivity index is 1.52. The molecule has 1 aromatic heterocycles. The average Bonchev–Trinajstić information content (AvgIpc) is 2.73. The van der Waals surface area contributed by atoms with E-state index in [2.05, 4.69) is 24.0 Å². The van der Waals surface area contributed by atoms with Crippen LogP contribution in [0.5, 0.6) is 5.75 Å². The molecule has 0 unspecified atom stereocenters. The molecule has 2 heterocycles. The van der Waals surface area contributed by atoms with Gasteiger partial charge in [-0.05, 0) is 48.9 Å². The molecule has 0 spiro atoms. The Bertz CT molecular complexity index is 1090. The molecule has 1 aliphatic rings. The molecule has 3 aromatic rings. The molecule has 0 atom stereocenters. The molecule has 0 aliphatic carbocycles. The number of benzene rings is 2. The SMILES string of the molecule is COc1ccc(S(=O)(=O)N2CCN(c3nc4ccccc4cc3C)CC2)cc1. The minimum atomic E-state index is -3.51. The lowest BCUT2D eigenvalue weighted by Crippen LogP contribution is -2.49. The third-order valence-corrected chi connectivity index (χ3v) is 7.04. The van der Waals surface area contributed by atoms with E-state index in [1.807, 2.05) is 18.2 Å². The van der Waals surface area contributed by atoms with Crippen LogP contribution < -0.4 is 9.64 Å². The van der Waals surface area contributed by atoms with Crippen LogP contribution in [0.3, 0.4) is 0 Å². The Hall–Kier alpha value is -2.64. The van der Waals surface area contributed by atoms with Crippen LogP contribution in [0.15, 0.2) is 59.5 Å². The van der Waals surface area contributed by atoms with E-state index < -0.39 is 10.0 Å². The predicted octanol–water partition coefficient (Wildman–Crippen LogP) is 3.06. The fraction of sp³-hybridized carbons (Fsp3) is 0.286. The highest BCUT2D eigenvalue weighted by Gasteiger charge is 2.29. The normalized spacial score (nSPS) is 15.7. The summed E-state index contributed by atoms with van der Waals surface area (Å²) in [4.78, 5) is 7.27. The number of aromatic nitrogens is 1. The molecule has 1 aliphatic heterocycles. The van der Waals surface area contributed by atoms with Gasteiger partial charge in [-0.1, -0.05) is 18.2 Å². The van der Waals surface area contributed by atoms with Gasteiger partial charge in [0, 0.05) is 31.6 Å². The standard InChI is InChI=1S/C21H23N3O3S/c1-16-15-17-5-3-4-6-20(17)22-21(16)23-11-13-24(14-12-23)28(25,26)19-9-7-18(27-2)8-10-19/h3-10,15H,11-14H2,1-2H3. The quantitative estimate of drug-likeness (QED) is 0.677. The lowest BCUT2D eigenvalue weighted by atomic mass is 10.1. The first kappa shape index (κ1) is 18.7. The van der Waals surface area contributed by atoms with Crippen molar-refractivity contribution in [3.63, 3.8) is 0 Å². The molecular weight excluding hydrogens is 374 g/mol. The van der Waals surface area contributed by atoms with Gasteiger partial charge in [-0.2, -0.15) is 4.31 Å². The highest BCUT2D eigenvalue weighted by molar-refractivity contribution is 7.89. The van der Waals surface area contributed by atoms with Gasteiger partial charge in [-0.3, -0.25) is 0 Å². The summed E-state index contributed by atoms with van der Waals surface area (Å²) in [6.45, 7) is 4.14. The van der Waals surface area contributed by atoms with Crippen LogP contribution in [0.2, 0.25) is 0 Å². The molecule has 7 heteroatoms. The second-order valence-electron chi connectivity index (χ2n) is 6.89. The molecule has 4 rings (SSSR count). The number of para-hydroxylation sites is 1. The number of fused-ring (bicyclic) bond motifs is 1. The molecule has 1 fully saturated rings. The maximum atomic E-state index is 12.9. The lowest BCUT2D eigenvalue weighted by Gasteiger charge is -2.35. The van der Waals surface area contributed by atoms with Gasteiger partial charge < -0.3 is 9.64 Å². The Labute approximate surface area is 165 Å². The number of ether oxygens (including phenoxy) is 1. The summed E-state index contributed by atoms with van der Waals surface area (Å²) < 4.78 is 32.5. The van der Waals surface area contributed by atoms with E-state index in [9.17, 15) is 8.42 Å². The number of sulfonamides is 1. The fourth-order valence-corrected chi connectivity index (χ4v) is 4.99. The number of nitrogens with zero attached hydrogens (tertiary/aromatic N) is 3. The van der Waals surface area contributed by atoms with Gasteiger partial charge in [0.25, 0.3) is 0 Å². The molecule has 0 bridgehead atoms.